The molecule has 0 radical (unpaired) electrons. The Balaban J connectivity index is 0.00000341. The van der Waals surface area contributed by atoms with Gasteiger partial charge in [-0.3, -0.25) is 4.79 Å². The van der Waals surface area contributed by atoms with Gasteiger partial charge in [0.05, 0.1) is 13.2 Å². The molecule has 0 aromatic heterocycles. The number of aliphatic imine (C=N–C) groups is 1. The van der Waals surface area contributed by atoms with Gasteiger partial charge in [-0.2, -0.15) is 0 Å². The Labute approximate surface area is 198 Å². The molecule has 1 aliphatic rings. The van der Waals surface area contributed by atoms with Gasteiger partial charge in [-0.05, 0) is 43.2 Å². The van der Waals surface area contributed by atoms with Gasteiger partial charge in [0.15, 0.2) is 17.5 Å². The molecule has 3 rings (SSSR count). The van der Waals surface area contributed by atoms with Crippen LogP contribution < -0.4 is 25.4 Å². The van der Waals surface area contributed by atoms with Crippen LogP contribution in [0.2, 0.25) is 0 Å². The number of rotatable bonds is 7. The molecule has 2 aromatic carbocycles. The van der Waals surface area contributed by atoms with Crippen LogP contribution in [0.3, 0.4) is 0 Å². The Morgan fingerprint density at radius 2 is 1.90 bits per heavy atom. The van der Waals surface area contributed by atoms with Crippen LogP contribution in [0.1, 0.15) is 18.9 Å². The van der Waals surface area contributed by atoms with Gasteiger partial charge in [-0.25, -0.2) is 9.38 Å². The second-order valence-corrected chi connectivity index (χ2v) is 6.76. The molecule has 0 aliphatic carbocycles. The molecular weight excluding hydrogens is 514 g/mol. The van der Waals surface area contributed by atoms with Gasteiger partial charge < -0.3 is 25.4 Å². The van der Waals surface area contributed by atoms with E-state index in [1.807, 2.05) is 31.2 Å². The number of fused-ring (bicyclic) bond motifs is 1. The Hall–Kier alpha value is -2.56. The molecule has 2 aromatic rings. The number of nitrogens with one attached hydrogen (secondary N) is 3. The third kappa shape index (κ3) is 8.23. The molecule has 3 N–H and O–H groups in total. The number of anilines is 1. The molecule has 1 amide bonds. The van der Waals surface area contributed by atoms with Gasteiger partial charge in [0, 0.05) is 31.3 Å². The van der Waals surface area contributed by atoms with E-state index in [2.05, 4.69) is 20.9 Å². The molecule has 0 unspecified atom stereocenters. The summed E-state index contributed by atoms with van der Waals surface area (Å²) in [5.74, 6) is 1.40. The van der Waals surface area contributed by atoms with E-state index < -0.39 is 0 Å². The van der Waals surface area contributed by atoms with E-state index in [1.54, 1.807) is 6.07 Å². The van der Waals surface area contributed by atoms with Crippen molar-refractivity contribution in [2.24, 2.45) is 4.99 Å². The molecule has 7 nitrogen and oxygen atoms in total. The van der Waals surface area contributed by atoms with E-state index in [4.69, 9.17) is 9.47 Å². The number of likely N-dealkylation sites (N-methyl/N-ethyl adjacent to an activating group) is 1. The Kier molecular flexibility index (Phi) is 10.3. The van der Waals surface area contributed by atoms with E-state index in [1.165, 1.54) is 12.1 Å². The second-order valence-electron chi connectivity index (χ2n) is 6.76. The molecule has 31 heavy (non-hydrogen) atoms. The van der Waals surface area contributed by atoms with E-state index in [9.17, 15) is 9.18 Å². The molecule has 0 spiro atoms. The highest BCUT2D eigenvalue weighted by molar-refractivity contribution is 14.0. The lowest BCUT2D eigenvalue weighted by Crippen LogP contribution is -2.34. The number of nitrogens with zero attached hydrogens (tertiary/aromatic N) is 1. The average Bonchev–Trinajstić information content (AvgIpc) is 2.97. The van der Waals surface area contributed by atoms with Crippen LogP contribution >= 0.6 is 24.0 Å². The fraction of sp³-hybridized carbons (Fsp3) is 0.364. The van der Waals surface area contributed by atoms with Gasteiger partial charge in [-0.15, -0.1) is 24.0 Å². The minimum Gasteiger partial charge on any atom is -0.490 e. The van der Waals surface area contributed by atoms with E-state index >= 15 is 0 Å². The number of carbonyl (C=O) groups excluding carboxylic acids is 1. The van der Waals surface area contributed by atoms with Gasteiger partial charge in [0.2, 0.25) is 5.91 Å². The number of hydrogen-bond acceptors (Lipinski definition) is 4. The Bertz CT molecular complexity index is 895. The van der Waals surface area contributed by atoms with Gasteiger partial charge in [0.25, 0.3) is 0 Å². The third-order valence-corrected chi connectivity index (χ3v) is 4.36. The zero-order valence-electron chi connectivity index (χ0n) is 17.4. The largest absolute Gasteiger partial charge is 0.490 e. The minimum atomic E-state index is -0.261. The quantitative estimate of drug-likeness (QED) is 0.284. The third-order valence-electron chi connectivity index (χ3n) is 4.36. The van der Waals surface area contributed by atoms with Gasteiger partial charge in [-0.1, -0.05) is 12.1 Å². The fourth-order valence-corrected chi connectivity index (χ4v) is 2.94. The van der Waals surface area contributed by atoms with Crippen molar-refractivity contribution < 1.29 is 18.7 Å². The number of carbonyl (C=O) groups is 1. The van der Waals surface area contributed by atoms with Crippen molar-refractivity contribution in [3.8, 4) is 11.5 Å². The molecule has 1 aliphatic heterocycles. The van der Waals surface area contributed by atoms with Crippen molar-refractivity contribution in [1.29, 1.82) is 0 Å². The summed E-state index contributed by atoms with van der Waals surface area (Å²) in [6.07, 6.45) is 1.44. The minimum absolute atomic E-state index is 0. The van der Waals surface area contributed by atoms with Crippen LogP contribution in [-0.4, -0.2) is 44.7 Å². The maximum atomic E-state index is 13.4. The number of halogens is 2. The number of ether oxygens (including phenoxy) is 2. The number of hydrogen-bond donors (Lipinski definition) is 3. The van der Waals surface area contributed by atoms with Crippen molar-refractivity contribution in [3.63, 3.8) is 0 Å². The standard InChI is InChI=1S/C22H27FN4O3.HI/c1-2-24-21(28)15-26-22(25-10-9-16-5-3-6-17(23)13-16)27-18-7-8-19-20(14-18)30-12-4-11-29-19;/h3,5-8,13-14H,2,4,9-12,15H2,1H3,(H,24,28)(H2,25,26,27);1H. The van der Waals surface area contributed by atoms with Crippen LogP contribution in [0.25, 0.3) is 0 Å². The van der Waals surface area contributed by atoms with Crippen molar-refractivity contribution in [3.05, 3.63) is 53.8 Å². The molecular formula is C22H28FIN4O3. The van der Waals surface area contributed by atoms with E-state index in [0.29, 0.717) is 50.2 Å². The number of amides is 1. The van der Waals surface area contributed by atoms with Crippen molar-refractivity contribution in [2.45, 2.75) is 19.8 Å². The Morgan fingerprint density at radius 1 is 1.10 bits per heavy atom. The summed E-state index contributed by atoms with van der Waals surface area (Å²) >= 11 is 0. The van der Waals surface area contributed by atoms with Crippen molar-refractivity contribution >= 4 is 41.5 Å². The van der Waals surface area contributed by atoms with Crippen LogP contribution in [0.15, 0.2) is 47.5 Å². The van der Waals surface area contributed by atoms with Gasteiger partial charge >= 0.3 is 0 Å². The maximum absolute atomic E-state index is 13.4. The highest BCUT2D eigenvalue weighted by atomic mass is 127. The first kappa shape index (κ1) is 24.7. The summed E-state index contributed by atoms with van der Waals surface area (Å²) in [5.41, 5.74) is 1.63. The van der Waals surface area contributed by atoms with E-state index in [-0.39, 0.29) is 42.2 Å². The predicted octanol–water partition coefficient (Wildman–Crippen LogP) is 3.34. The number of guanidine groups is 1. The Morgan fingerprint density at radius 3 is 2.68 bits per heavy atom. The van der Waals surface area contributed by atoms with Gasteiger partial charge in [0.1, 0.15) is 12.4 Å². The highest BCUT2D eigenvalue weighted by Gasteiger charge is 2.12. The summed E-state index contributed by atoms with van der Waals surface area (Å²) in [5, 5.41) is 9.11. The fourth-order valence-electron chi connectivity index (χ4n) is 2.94. The van der Waals surface area contributed by atoms with Crippen LogP contribution in [0.5, 0.6) is 11.5 Å². The summed E-state index contributed by atoms with van der Waals surface area (Å²) < 4.78 is 24.7. The molecule has 168 valence electrons. The lowest BCUT2D eigenvalue weighted by atomic mass is 10.1. The molecule has 0 saturated carbocycles. The normalized spacial score (nSPS) is 12.9. The molecule has 9 heteroatoms. The summed E-state index contributed by atoms with van der Waals surface area (Å²) in [6.45, 7) is 4.14. The monoisotopic (exact) mass is 542 g/mol. The van der Waals surface area contributed by atoms with Crippen molar-refractivity contribution in [1.82, 2.24) is 10.6 Å². The van der Waals surface area contributed by atoms with Crippen LogP contribution in [0, 0.1) is 5.82 Å². The first-order valence-corrected chi connectivity index (χ1v) is 10.1. The lowest BCUT2D eigenvalue weighted by Gasteiger charge is -2.15. The van der Waals surface area contributed by atoms with E-state index in [0.717, 1.165) is 17.7 Å². The lowest BCUT2D eigenvalue weighted by molar-refractivity contribution is -0.119. The summed E-state index contributed by atoms with van der Waals surface area (Å²) in [6, 6.07) is 12.0. The number of benzene rings is 2. The predicted molar refractivity (Wildman–Crippen MR) is 130 cm³/mol. The summed E-state index contributed by atoms with van der Waals surface area (Å²) in [4.78, 5) is 16.2. The molecule has 0 fully saturated rings. The topological polar surface area (TPSA) is 84.0 Å². The zero-order chi connectivity index (χ0) is 21.2. The SMILES string of the molecule is CCNC(=O)CN=C(NCCc1cccc(F)c1)Nc1ccc2c(c1)OCCCO2.I. The van der Waals surface area contributed by atoms with Crippen LogP contribution in [0.4, 0.5) is 10.1 Å². The highest BCUT2D eigenvalue weighted by Crippen LogP contribution is 2.32. The van der Waals surface area contributed by atoms with Crippen LogP contribution in [-0.2, 0) is 11.2 Å². The smallest absolute Gasteiger partial charge is 0.241 e. The second kappa shape index (κ2) is 13.0. The van der Waals surface area contributed by atoms with Crippen molar-refractivity contribution in [2.75, 3.05) is 38.2 Å². The molecule has 0 saturated heterocycles. The molecule has 0 atom stereocenters. The summed E-state index contributed by atoms with van der Waals surface area (Å²) in [7, 11) is 0. The molecule has 1 heterocycles. The average molecular weight is 542 g/mol. The first-order valence-electron chi connectivity index (χ1n) is 10.1. The molecule has 0 bridgehead atoms. The first-order chi connectivity index (χ1) is 14.6. The zero-order valence-corrected chi connectivity index (χ0v) is 19.8. The maximum Gasteiger partial charge on any atom is 0.241 e.